The predicted molar refractivity (Wildman–Crippen MR) is 59.5 cm³/mol. The number of guanidine groups is 1. The summed E-state index contributed by atoms with van der Waals surface area (Å²) in [5.41, 5.74) is 11.2. The zero-order valence-corrected chi connectivity index (χ0v) is 8.60. The summed E-state index contributed by atoms with van der Waals surface area (Å²) in [5.74, 6) is 0.776. The molecule has 0 aliphatic carbocycles. The Balaban J connectivity index is 2.84. The van der Waals surface area contributed by atoms with Crippen molar-refractivity contribution >= 4 is 12.2 Å². The van der Waals surface area contributed by atoms with Crippen molar-refractivity contribution < 1.29 is 9.84 Å². The van der Waals surface area contributed by atoms with Crippen LogP contribution in [0, 0.1) is 0 Å². The maximum absolute atomic E-state index is 5.41. The average molecular weight is 207 g/mol. The van der Waals surface area contributed by atoms with Crippen LogP contribution in [0.2, 0.25) is 0 Å². The molecule has 0 amide bonds. The number of ether oxygens (including phenoxy) is 1. The standard InChI is InChI=1S/C10H14N4O/c1-2-15-9-6-4-3-5-8(9)7-13-14-10(11)12/h3-7H,2H2,1H3,(H4,11,12,14)/p+1. The second-order valence-electron chi connectivity index (χ2n) is 2.78. The minimum Gasteiger partial charge on any atom is -0.493 e. The minimum absolute atomic E-state index is 0.0138. The fourth-order valence-electron chi connectivity index (χ4n) is 1.06. The van der Waals surface area contributed by atoms with E-state index in [4.69, 9.17) is 16.2 Å². The van der Waals surface area contributed by atoms with Gasteiger partial charge in [0.25, 0.3) is 5.96 Å². The van der Waals surface area contributed by atoms with Crippen molar-refractivity contribution in [2.24, 2.45) is 16.6 Å². The van der Waals surface area contributed by atoms with Gasteiger partial charge in [-0.1, -0.05) is 12.1 Å². The highest BCUT2D eigenvalue weighted by atomic mass is 16.5. The Morgan fingerprint density at radius 3 is 2.87 bits per heavy atom. The van der Waals surface area contributed by atoms with Crippen LogP contribution in [0.5, 0.6) is 5.75 Å². The lowest BCUT2D eigenvalue weighted by atomic mass is 10.2. The molecular weight excluding hydrogens is 192 g/mol. The third-order valence-electron chi connectivity index (χ3n) is 1.63. The Labute approximate surface area is 88.4 Å². The molecule has 5 N–H and O–H groups in total. The Bertz CT molecular complexity index is 369. The molecule has 0 spiro atoms. The zero-order chi connectivity index (χ0) is 11.1. The molecule has 1 aromatic carbocycles. The Morgan fingerprint density at radius 1 is 1.47 bits per heavy atom. The summed E-state index contributed by atoms with van der Waals surface area (Å²) in [4.78, 5) is 0. The van der Waals surface area contributed by atoms with Gasteiger partial charge in [-0.15, -0.1) is 5.10 Å². The molecule has 0 bridgehead atoms. The first kappa shape index (κ1) is 11.0. The molecule has 0 saturated heterocycles. The molecule has 0 aromatic heterocycles. The molecule has 1 aromatic rings. The van der Waals surface area contributed by atoms with Gasteiger partial charge < -0.3 is 16.2 Å². The molecule has 0 unspecified atom stereocenters. The second kappa shape index (κ2) is 5.64. The highest BCUT2D eigenvalue weighted by molar-refractivity contribution is 5.80. The average Bonchev–Trinajstić information content (AvgIpc) is 2.20. The molecule has 0 fully saturated rings. The van der Waals surface area contributed by atoms with Crippen LogP contribution in [0.3, 0.4) is 0 Å². The van der Waals surface area contributed by atoms with Crippen molar-refractivity contribution in [3.63, 3.8) is 0 Å². The number of nitrogens with zero attached hydrogens (tertiary/aromatic N) is 1. The highest BCUT2D eigenvalue weighted by Gasteiger charge is 2.01. The van der Waals surface area contributed by atoms with E-state index < -0.39 is 0 Å². The monoisotopic (exact) mass is 207 g/mol. The number of nitrogens with one attached hydrogen (secondary N) is 1. The van der Waals surface area contributed by atoms with E-state index in [1.54, 1.807) is 6.21 Å². The van der Waals surface area contributed by atoms with Crippen LogP contribution in [0.15, 0.2) is 29.4 Å². The van der Waals surface area contributed by atoms with Gasteiger partial charge in [0.1, 0.15) is 5.75 Å². The molecule has 0 radical (unpaired) electrons. The zero-order valence-electron chi connectivity index (χ0n) is 8.60. The van der Waals surface area contributed by atoms with Crippen molar-refractivity contribution in [1.82, 2.24) is 0 Å². The lowest BCUT2D eigenvalue weighted by Crippen LogP contribution is -2.63. The van der Waals surface area contributed by atoms with Gasteiger partial charge in [0.2, 0.25) is 6.21 Å². The van der Waals surface area contributed by atoms with E-state index in [2.05, 4.69) is 10.2 Å². The third kappa shape index (κ3) is 3.68. The lowest BCUT2D eigenvalue weighted by Gasteiger charge is -2.03. The van der Waals surface area contributed by atoms with Crippen molar-refractivity contribution in [3.05, 3.63) is 29.8 Å². The van der Waals surface area contributed by atoms with Crippen LogP contribution < -0.4 is 21.3 Å². The van der Waals surface area contributed by atoms with E-state index in [0.29, 0.717) is 6.61 Å². The SMILES string of the molecule is CCOc1ccccc1C=[NH+]N=C(N)N. The third-order valence-corrected chi connectivity index (χ3v) is 1.63. The summed E-state index contributed by atoms with van der Waals surface area (Å²) in [6.45, 7) is 2.55. The summed E-state index contributed by atoms with van der Waals surface area (Å²) in [5, 5.41) is 6.27. The van der Waals surface area contributed by atoms with Gasteiger partial charge in [-0.3, -0.25) is 0 Å². The number of hydrogen-bond donors (Lipinski definition) is 3. The minimum atomic E-state index is -0.0138. The summed E-state index contributed by atoms with van der Waals surface area (Å²) in [7, 11) is 0. The van der Waals surface area contributed by atoms with Crippen LogP contribution >= 0.6 is 0 Å². The molecule has 0 aliphatic heterocycles. The van der Waals surface area contributed by atoms with E-state index in [0.717, 1.165) is 11.3 Å². The molecule has 0 heterocycles. The number of para-hydroxylation sites is 1. The Kier molecular flexibility index (Phi) is 4.15. The fourth-order valence-corrected chi connectivity index (χ4v) is 1.06. The van der Waals surface area contributed by atoms with E-state index in [9.17, 15) is 0 Å². The molecule has 5 heteroatoms. The van der Waals surface area contributed by atoms with Crippen molar-refractivity contribution in [2.75, 3.05) is 6.61 Å². The Hall–Kier alpha value is -2.04. The fraction of sp³-hybridized carbons (Fsp3) is 0.200. The van der Waals surface area contributed by atoms with Gasteiger partial charge >= 0.3 is 0 Å². The Morgan fingerprint density at radius 2 is 2.20 bits per heavy atom. The first-order valence-electron chi connectivity index (χ1n) is 4.63. The molecule has 15 heavy (non-hydrogen) atoms. The summed E-state index contributed by atoms with van der Waals surface area (Å²) < 4.78 is 5.41. The van der Waals surface area contributed by atoms with Crippen LogP contribution in [0.25, 0.3) is 0 Å². The maximum atomic E-state index is 5.41. The topological polar surface area (TPSA) is 87.6 Å². The van der Waals surface area contributed by atoms with Crippen LogP contribution in [0.1, 0.15) is 12.5 Å². The summed E-state index contributed by atoms with van der Waals surface area (Å²) in [6, 6.07) is 7.60. The van der Waals surface area contributed by atoms with Crippen molar-refractivity contribution in [1.29, 1.82) is 0 Å². The number of hydrogen-bond acceptors (Lipinski definition) is 2. The van der Waals surface area contributed by atoms with E-state index >= 15 is 0 Å². The van der Waals surface area contributed by atoms with Gasteiger partial charge in [0.05, 0.1) is 12.2 Å². The van der Waals surface area contributed by atoms with Crippen molar-refractivity contribution in [3.8, 4) is 5.75 Å². The molecular formula is C10H15N4O+. The quantitative estimate of drug-likeness (QED) is 0.328. The number of hydrazone groups is 1. The van der Waals surface area contributed by atoms with Crippen LogP contribution in [-0.4, -0.2) is 18.8 Å². The smallest absolute Gasteiger partial charge is 0.256 e. The van der Waals surface area contributed by atoms with E-state index in [-0.39, 0.29) is 5.96 Å². The van der Waals surface area contributed by atoms with E-state index in [1.165, 1.54) is 0 Å². The van der Waals surface area contributed by atoms with Gasteiger partial charge in [0.15, 0.2) is 0 Å². The largest absolute Gasteiger partial charge is 0.493 e. The first-order valence-corrected chi connectivity index (χ1v) is 4.63. The second-order valence-corrected chi connectivity index (χ2v) is 2.78. The van der Waals surface area contributed by atoms with Gasteiger partial charge in [-0.05, 0) is 19.1 Å². The molecule has 1 rings (SSSR count). The van der Waals surface area contributed by atoms with E-state index in [1.807, 2.05) is 31.2 Å². The molecule has 5 nitrogen and oxygen atoms in total. The van der Waals surface area contributed by atoms with Gasteiger partial charge in [0, 0.05) is 5.10 Å². The molecule has 0 aliphatic rings. The van der Waals surface area contributed by atoms with Gasteiger partial charge in [-0.2, -0.15) is 0 Å². The van der Waals surface area contributed by atoms with Crippen LogP contribution in [-0.2, 0) is 0 Å². The van der Waals surface area contributed by atoms with Gasteiger partial charge in [-0.25, -0.2) is 0 Å². The number of benzene rings is 1. The molecule has 0 saturated carbocycles. The van der Waals surface area contributed by atoms with Crippen molar-refractivity contribution in [2.45, 2.75) is 6.92 Å². The maximum Gasteiger partial charge on any atom is 0.256 e. The molecule has 80 valence electrons. The summed E-state index contributed by atoms with van der Waals surface area (Å²) in [6.07, 6.45) is 1.67. The normalized spacial score (nSPS) is 10.2. The highest BCUT2D eigenvalue weighted by Crippen LogP contribution is 2.14. The lowest BCUT2D eigenvalue weighted by molar-refractivity contribution is -0.456. The van der Waals surface area contributed by atoms with Crippen LogP contribution in [0.4, 0.5) is 0 Å². The predicted octanol–water partition coefficient (Wildman–Crippen LogP) is -1.23. The number of rotatable bonds is 4. The summed E-state index contributed by atoms with van der Waals surface area (Å²) >= 11 is 0. The molecule has 0 atom stereocenters. The number of nitrogens with two attached hydrogens (primary N) is 2. The first-order chi connectivity index (χ1) is 7.24.